The monoisotopic (exact) mass is 304 g/mol. The van der Waals surface area contributed by atoms with Crippen molar-refractivity contribution in [2.45, 2.75) is 74.9 Å². The minimum absolute atomic E-state index is 0.0543. The zero-order valence-corrected chi connectivity index (χ0v) is 14.8. The Morgan fingerprint density at radius 2 is 1.67 bits per heavy atom. The van der Waals surface area contributed by atoms with Gasteiger partial charge in [0.05, 0.1) is 6.61 Å². The normalized spacial score (nSPS) is 28.0. The number of hydrogen-bond donors (Lipinski definition) is 0. The summed E-state index contributed by atoms with van der Waals surface area (Å²) in [6.07, 6.45) is 3.87. The van der Waals surface area contributed by atoms with Crippen LogP contribution in [-0.4, -0.2) is 16.8 Å². The van der Waals surface area contributed by atoms with Crippen molar-refractivity contribution in [3.8, 4) is 0 Å². The number of ether oxygens (including phenoxy) is 1. The third-order valence-corrected chi connectivity index (χ3v) is 7.78. The van der Waals surface area contributed by atoms with Crippen molar-refractivity contribution in [1.29, 1.82) is 0 Å². The molecule has 1 heterocycles. The molecular formula is C19H28OS. The van der Waals surface area contributed by atoms with E-state index in [1.54, 1.807) is 0 Å². The van der Waals surface area contributed by atoms with Crippen LogP contribution in [0, 0.1) is 0 Å². The van der Waals surface area contributed by atoms with Crippen molar-refractivity contribution >= 4 is 11.8 Å². The van der Waals surface area contributed by atoms with Crippen LogP contribution in [0.1, 0.15) is 65.0 Å². The quantitative estimate of drug-likeness (QED) is 0.752. The number of rotatable bonds is 3. The topological polar surface area (TPSA) is 9.23 Å². The van der Waals surface area contributed by atoms with Crippen LogP contribution in [0.2, 0.25) is 0 Å². The fourth-order valence-corrected chi connectivity index (χ4v) is 6.29. The van der Waals surface area contributed by atoms with Crippen LogP contribution in [0.4, 0.5) is 0 Å². The number of hydrogen-bond acceptors (Lipinski definition) is 2. The van der Waals surface area contributed by atoms with E-state index < -0.39 is 0 Å². The largest absolute Gasteiger partial charge is 0.361 e. The molecule has 1 atom stereocenters. The van der Waals surface area contributed by atoms with Gasteiger partial charge in [0, 0.05) is 16.1 Å². The van der Waals surface area contributed by atoms with Crippen LogP contribution in [0.15, 0.2) is 24.3 Å². The predicted molar refractivity (Wildman–Crippen MR) is 92.1 cm³/mol. The van der Waals surface area contributed by atoms with E-state index in [1.165, 1.54) is 30.4 Å². The summed E-state index contributed by atoms with van der Waals surface area (Å²) in [5.41, 5.74) is 3.05. The second-order valence-electron chi connectivity index (χ2n) is 7.61. The molecule has 1 aromatic carbocycles. The summed E-state index contributed by atoms with van der Waals surface area (Å²) in [6, 6.07) is 8.94. The fraction of sp³-hybridized carbons (Fsp3) is 0.684. The van der Waals surface area contributed by atoms with E-state index in [0.717, 1.165) is 6.61 Å². The Morgan fingerprint density at radius 3 is 2.19 bits per heavy atom. The van der Waals surface area contributed by atoms with Gasteiger partial charge in [-0.05, 0) is 17.5 Å². The highest BCUT2D eigenvalue weighted by atomic mass is 32.2. The molecule has 0 bridgehead atoms. The lowest BCUT2D eigenvalue weighted by Crippen LogP contribution is -2.51. The first-order valence-corrected chi connectivity index (χ1v) is 9.16. The lowest BCUT2D eigenvalue weighted by Gasteiger charge is -2.45. The van der Waals surface area contributed by atoms with Gasteiger partial charge in [0.25, 0.3) is 0 Å². The molecule has 1 saturated heterocycles. The van der Waals surface area contributed by atoms with Crippen molar-refractivity contribution in [3.05, 3.63) is 35.4 Å². The average Bonchev–Trinajstić information content (AvgIpc) is 2.95. The Hall–Kier alpha value is -0.470. The Morgan fingerprint density at radius 1 is 1.10 bits per heavy atom. The molecule has 1 unspecified atom stereocenters. The summed E-state index contributed by atoms with van der Waals surface area (Å²) in [5, 5.41) is 0.651. The van der Waals surface area contributed by atoms with Crippen molar-refractivity contribution < 1.29 is 4.74 Å². The number of fused-ring (bicyclic) bond motifs is 1. The molecule has 0 aromatic heterocycles. The summed E-state index contributed by atoms with van der Waals surface area (Å²) in [4.78, 5) is -0.123. The van der Waals surface area contributed by atoms with E-state index in [0.29, 0.717) is 5.25 Å². The minimum Gasteiger partial charge on any atom is -0.361 e. The molecule has 2 aliphatic rings. The maximum absolute atomic E-state index is 6.59. The van der Waals surface area contributed by atoms with Gasteiger partial charge in [-0.25, -0.2) is 0 Å². The van der Waals surface area contributed by atoms with Crippen molar-refractivity contribution in [3.63, 3.8) is 0 Å². The first-order chi connectivity index (χ1) is 9.87. The minimum atomic E-state index is -0.123. The highest BCUT2D eigenvalue weighted by Gasteiger charge is 2.66. The molecule has 0 amide bonds. The lowest BCUT2D eigenvalue weighted by molar-refractivity contribution is -0.0371. The van der Waals surface area contributed by atoms with Gasteiger partial charge in [-0.2, -0.15) is 0 Å². The standard InChI is InChI=1S/C19H28OS/c1-6-7-10-14-13-20-19(21-14)17(2,3)15-11-8-9-12-16(15)18(19,4)5/h8-9,11-12,14H,6-7,10,13H2,1-5H3. The van der Waals surface area contributed by atoms with Gasteiger partial charge in [0.2, 0.25) is 0 Å². The maximum Gasteiger partial charge on any atom is 0.132 e. The fourth-order valence-electron chi connectivity index (χ4n) is 4.45. The molecular weight excluding hydrogens is 276 g/mol. The third kappa shape index (κ3) is 1.95. The summed E-state index contributed by atoms with van der Waals surface area (Å²) >= 11 is 2.11. The summed E-state index contributed by atoms with van der Waals surface area (Å²) in [5.74, 6) is 0. The van der Waals surface area contributed by atoms with Crippen molar-refractivity contribution in [2.24, 2.45) is 0 Å². The molecule has 2 heteroatoms. The second kappa shape index (κ2) is 5.03. The summed E-state index contributed by atoms with van der Waals surface area (Å²) in [6.45, 7) is 12.7. The van der Waals surface area contributed by atoms with Gasteiger partial charge in [0.1, 0.15) is 4.93 Å². The smallest absolute Gasteiger partial charge is 0.132 e. The average molecular weight is 304 g/mol. The Labute approximate surface area is 133 Å². The molecule has 1 aliphatic heterocycles. The van der Waals surface area contributed by atoms with Crippen LogP contribution in [0.3, 0.4) is 0 Å². The Bertz CT molecular complexity index is 497. The van der Waals surface area contributed by atoms with E-state index in [2.05, 4.69) is 70.6 Å². The summed E-state index contributed by atoms with van der Waals surface area (Å²) in [7, 11) is 0. The van der Waals surface area contributed by atoms with Gasteiger partial charge in [-0.3, -0.25) is 0 Å². The van der Waals surface area contributed by atoms with E-state index in [4.69, 9.17) is 4.74 Å². The highest BCUT2D eigenvalue weighted by molar-refractivity contribution is 8.01. The molecule has 3 rings (SSSR count). The number of unbranched alkanes of at least 4 members (excludes halogenated alkanes) is 1. The predicted octanol–water partition coefficient (Wildman–Crippen LogP) is 5.27. The molecule has 1 spiro atoms. The zero-order chi connectivity index (χ0) is 15.3. The maximum atomic E-state index is 6.59. The van der Waals surface area contributed by atoms with Gasteiger partial charge < -0.3 is 4.74 Å². The van der Waals surface area contributed by atoms with Gasteiger partial charge in [0.15, 0.2) is 0 Å². The lowest BCUT2D eigenvalue weighted by atomic mass is 9.77. The zero-order valence-electron chi connectivity index (χ0n) is 14.0. The molecule has 116 valence electrons. The summed E-state index contributed by atoms with van der Waals surface area (Å²) < 4.78 is 6.59. The van der Waals surface area contributed by atoms with Crippen molar-refractivity contribution in [2.75, 3.05) is 6.61 Å². The molecule has 1 aliphatic carbocycles. The molecule has 1 fully saturated rings. The highest BCUT2D eigenvalue weighted by Crippen LogP contribution is 2.66. The van der Waals surface area contributed by atoms with E-state index in [1.807, 2.05) is 0 Å². The molecule has 1 aromatic rings. The molecule has 0 saturated carbocycles. The van der Waals surface area contributed by atoms with Crippen LogP contribution in [0.25, 0.3) is 0 Å². The van der Waals surface area contributed by atoms with Gasteiger partial charge in [-0.1, -0.05) is 71.7 Å². The number of benzene rings is 1. The van der Waals surface area contributed by atoms with Crippen LogP contribution < -0.4 is 0 Å². The first-order valence-electron chi connectivity index (χ1n) is 8.28. The molecule has 1 nitrogen and oxygen atoms in total. The van der Waals surface area contributed by atoms with Gasteiger partial charge in [-0.15, -0.1) is 11.8 Å². The first kappa shape index (κ1) is 15.4. The van der Waals surface area contributed by atoms with E-state index >= 15 is 0 Å². The Balaban J connectivity index is 2.00. The molecule has 21 heavy (non-hydrogen) atoms. The third-order valence-electron chi connectivity index (χ3n) is 5.60. The van der Waals surface area contributed by atoms with Crippen molar-refractivity contribution in [1.82, 2.24) is 0 Å². The van der Waals surface area contributed by atoms with E-state index in [-0.39, 0.29) is 15.8 Å². The molecule has 0 radical (unpaired) electrons. The second-order valence-corrected chi connectivity index (χ2v) is 9.08. The number of thioether (sulfide) groups is 1. The Kier molecular flexibility index (Phi) is 3.69. The van der Waals surface area contributed by atoms with Crippen LogP contribution >= 0.6 is 11.8 Å². The van der Waals surface area contributed by atoms with Crippen LogP contribution in [-0.2, 0) is 15.6 Å². The SMILES string of the molecule is CCCCC1COC2(S1)C(C)(C)c1ccccc1C2(C)C. The van der Waals surface area contributed by atoms with Crippen LogP contribution in [0.5, 0.6) is 0 Å². The molecule has 0 N–H and O–H groups in total. The van der Waals surface area contributed by atoms with E-state index in [9.17, 15) is 0 Å². The van der Waals surface area contributed by atoms with Gasteiger partial charge >= 0.3 is 0 Å².